The minimum Gasteiger partial charge on any atom is -0.377 e. The fourth-order valence-electron chi connectivity index (χ4n) is 1.97. The van der Waals surface area contributed by atoms with Crippen LogP contribution in [0.3, 0.4) is 0 Å². The van der Waals surface area contributed by atoms with Crippen molar-refractivity contribution in [3.63, 3.8) is 0 Å². The van der Waals surface area contributed by atoms with Gasteiger partial charge in [-0.25, -0.2) is 0 Å². The molecule has 1 aliphatic carbocycles. The highest BCUT2D eigenvalue weighted by Crippen LogP contribution is 2.19. The first-order chi connectivity index (χ1) is 6.84. The quantitative estimate of drug-likeness (QED) is 0.418. The van der Waals surface area contributed by atoms with Crippen LogP contribution in [0.15, 0.2) is 12.7 Å². The number of allylic oxidation sites excluding steroid dienone is 1. The molecular weight excluding hydrogens is 174 g/mol. The Kier molecular flexibility index (Phi) is 5.88. The van der Waals surface area contributed by atoms with E-state index in [1.807, 2.05) is 6.08 Å². The number of hydrogen-bond acceptors (Lipinski definition) is 2. The monoisotopic (exact) mass is 197 g/mol. The van der Waals surface area contributed by atoms with Crippen molar-refractivity contribution < 1.29 is 4.74 Å². The lowest BCUT2D eigenvalue weighted by atomic mass is 10.1. The van der Waals surface area contributed by atoms with Gasteiger partial charge in [0.15, 0.2) is 0 Å². The largest absolute Gasteiger partial charge is 0.377 e. The maximum absolute atomic E-state index is 6.05. The van der Waals surface area contributed by atoms with Gasteiger partial charge in [-0.2, -0.15) is 0 Å². The maximum atomic E-state index is 6.05. The first-order valence-corrected chi connectivity index (χ1v) is 5.82. The summed E-state index contributed by atoms with van der Waals surface area (Å²) >= 11 is 0. The molecule has 14 heavy (non-hydrogen) atoms. The van der Waals surface area contributed by atoms with E-state index in [1.165, 1.54) is 19.3 Å². The van der Waals surface area contributed by atoms with Gasteiger partial charge in [0.2, 0.25) is 0 Å². The second-order valence-electron chi connectivity index (χ2n) is 4.14. The van der Waals surface area contributed by atoms with Crippen LogP contribution in [0.4, 0.5) is 0 Å². The molecule has 2 nitrogen and oxygen atoms in total. The zero-order valence-corrected chi connectivity index (χ0v) is 9.08. The fourth-order valence-corrected chi connectivity index (χ4v) is 1.97. The van der Waals surface area contributed by atoms with Crippen LogP contribution in [0.1, 0.15) is 44.9 Å². The van der Waals surface area contributed by atoms with Crippen LogP contribution in [0, 0.1) is 0 Å². The van der Waals surface area contributed by atoms with Gasteiger partial charge in [-0.15, -0.1) is 6.58 Å². The van der Waals surface area contributed by atoms with E-state index in [0.717, 1.165) is 32.3 Å². The molecule has 1 fully saturated rings. The third kappa shape index (κ3) is 4.25. The molecule has 0 bridgehead atoms. The van der Waals surface area contributed by atoms with E-state index in [4.69, 9.17) is 10.5 Å². The maximum Gasteiger partial charge on any atom is 0.0725 e. The minimum atomic E-state index is 0.265. The minimum absolute atomic E-state index is 0.265. The van der Waals surface area contributed by atoms with E-state index in [0.29, 0.717) is 6.10 Å². The molecule has 2 N–H and O–H groups in total. The van der Waals surface area contributed by atoms with Crippen molar-refractivity contribution in [1.29, 1.82) is 0 Å². The molecule has 82 valence electrons. The second kappa shape index (κ2) is 7.02. The molecule has 0 spiro atoms. The van der Waals surface area contributed by atoms with Crippen LogP contribution >= 0.6 is 0 Å². The van der Waals surface area contributed by atoms with Crippen LogP contribution in [0.2, 0.25) is 0 Å². The van der Waals surface area contributed by atoms with Crippen molar-refractivity contribution in [2.75, 3.05) is 6.61 Å². The van der Waals surface area contributed by atoms with Gasteiger partial charge in [0.05, 0.1) is 6.10 Å². The lowest BCUT2D eigenvalue weighted by molar-refractivity contribution is 0.0303. The molecule has 0 aromatic rings. The molecular formula is C12H23NO. The van der Waals surface area contributed by atoms with Crippen LogP contribution in [-0.4, -0.2) is 18.8 Å². The molecule has 1 saturated carbocycles. The van der Waals surface area contributed by atoms with Gasteiger partial charge < -0.3 is 10.5 Å². The first-order valence-electron chi connectivity index (χ1n) is 5.82. The van der Waals surface area contributed by atoms with Gasteiger partial charge >= 0.3 is 0 Å². The summed E-state index contributed by atoms with van der Waals surface area (Å²) in [5.74, 6) is 0. The summed E-state index contributed by atoms with van der Waals surface area (Å²) in [7, 11) is 0. The number of ether oxygens (including phenoxy) is 1. The summed E-state index contributed by atoms with van der Waals surface area (Å²) in [4.78, 5) is 0. The van der Waals surface area contributed by atoms with E-state index in [-0.39, 0.29) is 6.04 Å². The predicted octanol–water partition coefficient (Wildman–Crippen LogP) is 2.63. The van der Waals surface area contributed by atoms with Gasteiger partial charge in [-0.1, -0.05) is 25.3 Å². The molecule has 2 unspecified atom stereocenters. The van der Waals surface area contributed by atoms with E-state index in [1.54, 1.807) is 0 Å². The zero-order chi connectivity index (χ0) is 10.2. The standard InChI is InChI=1S/C12H23NO/c1-2-3-7-10-14-12-9-6-4-5-8-11(12)13/h2,11-12H,1,3-10,13H2. The van der Waals surface area contributed by atoms with Crippen molar-refractivity contribution in [3.8, 4) is 0 Å². The third-order valence-electron chi connectivity index (χ3n) is 2.89. The van der Waals surface area contributed by atoms with Crippen LogP contribution in [0.5, 0.6) is 0 Å². The van der Waals surface area contributed by atoms with Crippen molar-refractivity contribution in [3.05, 3.63) is 12.7 Å². The molecule has 2 heteroatoms. The summed E-state index contributed by atoms with van der Waals surface area (Å²) in [5, 5.41) is 0. The molecule has 0 amide bonds. The molecule has 1 rings (SSSR count). The zero-order valence-electron chi connectivity index (χ0n) is 9.08. The molecule has 2 atom stereocenters. The average molecular weight is 197 g/mol. The second-order valence-corrected chi connectivity index (χ2v) is 4.14. The Balaban J connectivity index is 2.16. The third-order valence-corrected chi connectivity index (χ3v) is 2.89. The highest BCUT2D eigenvalue weighted by Gasteiger charge is 2.20. The Morgan fingerprint density at radius 1 is 1.29 bits per heavy atom. The van der Waals surface area contributed by atoms with Crippen molar-refractivity contribution >= 4 is 0 Å². The normalized spacial score (nSPS) is 28.4. The summed E-state index contributed by atoms with van der Waals surface area (Å²) in [5.41, 5.74) is 6.05. The highest BCUT2D eigenvalue weighted by atomic mass is 16.5. The van der Waals surface area contributed by atoms with Gasteiger partial charge in [0.1, 0.15) is 0 Å². The van der Waals surface area contributed by atoms with Gasteiger partial charge in [-0.3, -0.25) is 0 Å². The van der Waals surface area contributed by atoms with Crippen LogP contribution in [0.25, 0.3) is 0 Å². The van der Waals surface area contributed by atoms with E-state index >= 15 is 0 Å². The number of hydrogen-bond donors (Lipinski definition) is 1. The van der Waals surface area contributed by atoms with Crippen LogP contribution in [-0.2, 0) is 4.74 Å². The van der Waals surface area contributed by atoms with Crippen molar-refractivity contribution in [1.82, 2.24) is 0 Å². The Hall–Kier alpha value is -0.340. The predicted molar refractivity (Wildman–Crippen MR) is 60.2 cm³/mol. The summed E-state index contributed by atoms with van der Waals surface area (Å²) < 4.78 is 5.80. The highest BCUT2D eigenvalue weighted by molar-refractivity contribution is 4.77. The van der Waals surface area contributed by atoms with Crippen molar-refractivity contribution in [2.45, 2.75) is 57.1 Å². The molecule has 0 saturated heterocycles. The lowest BCUT2D eigenvalue weighted by Gasteiger charge is -2.21. The van der Waals surface area contributed by atoms with Gasteiger partial charge in [0.25, 0.3) is 0 Å². The first kappa shape index (κ1) is 11.7. The van der Waals surface area contributed by atoms with Gasteiger partial charge in [0, 0.05) is 12.6 Å². The number of nitrogens with two attached hydrogens (primary N) is 1. The molecule has 1 aliphatic rings. The summed E-state index contributed by atoms with van der Waals surface area (Å²) in [6.07, 6.45) is 10.5. The lowest BCUT2D eigenvalue weighted by Crippen LogP contribution is -2.35. The van der Waals surface area contributed by atoms with Crippen molar-refractivity contribution in [2.24, 2.45) is 5.73 Å². The van der Waals surface area contributed by atoms with E-state index < -0.39 is 0 Å². The van der Waals surface area contributed by atoms with E-state index in [2.05, 4.69) is 6.58 Å². The topological polar surface area (TPSA) is 35.2 Å². The number of rotatable bonds is 5. The molecule has 0 aromatic carbocycles. The Morgan fingerprint density at radius 2 is 2.07 bits per heavy atom. The van der Waals surface area contributed by atoms with Crippen LogP contribution < -0.4 is 5.73 Å². The summed E-state index contributed by atoms with van der Waals surface area (Å²) in [6.45, 7) is 4.53. The molecule has 0 aromatic heterocycles. The fraction of sp³-hybridized carbons (Fsp3) is 0.833. The Morgan fingerprint density at radius 3 is 2.86 bits per heavy atom. The number of unbranched alkanes of at least 4 members (excludes halogenated alkanes) is 1. The Labute approximate surface area is 87.5 Å². The smallest absolute Gasteiger partial charge is 0.0725 e. The molecule has 0 aliphatic heterocycles. The van der Waals surface area contributed by atoms with E-state index in [9.17, 15) is 0 Å². The average Bonchev–Trinajstić information content (AvgIpc) is 2.39. The molecule has 0 heterocycles. The summed E-state index contributed by atoms with van der Waals surface area (Å²) in [6, 6.07) is 0.265. The SMILES string of the molecule is C=CCCCOC1CCCCCC1N. The Bertz CT molecular complexity index is 158. The molecule has 0 radical (unpaired) electrons. The van der Waals surface area contributed by atoms with Gasteiger partial charge in [-0.05, 0) is 25.7 Å².